The Labute approximate surface area is 87.9 Å². The van der Waals surface area contributed by atoms with Crippen molar-refractivity contribution in [2.45, 2.75) is 6.42 Å². The van der Waals surface area contributed by atoms with Crippen LogP contribution in [0.15, 0.2) is 0 Å². The third-order valence-electron chi connectivity index (χ3n) is 2.51. The minimum Gasteiger partial charge on any atom is -0.384 e. The van der Waals surface area contributed by atoms with Crippen molar-refractivity contribution < 1.29 is 13.2 Å². The zero-order valence-electron chi connectivity index (χ0n) is 7.70. The summed E-state index contributed by atoms with van der Waals surface area (Å²) in [6.45, 7) is 0.644. The van der Waals surface area contributed by atoms with Crippen molar-refractivity contribution in [1.29, 1.82) is 0 Å². The maximum absolute atomic E-state index is 11.2. The molecule has 0 aliphatic carbocycles. The van der Waals surface area contributed by atoms with Gasteiger partial charge in [-0.2, -0.15) is 0 Å². The molecule has 1 aliphatic heterocycles. The fraction of sp³-hybridized carbons (Fsp3) is 1.00. The number of hydrogen-bond acceptors (Lipinski definition) is 3. The lowest BCUT2D eigenvalue weighted by Gasteiger charge is -2.18. The molecule has 0 aromatic heterocycles. The Morgan fingerprint density at radius 2 is 2.31 bits per heavy atom. The second-order valence-electron chi connectivity index (χ2n) is 3.53. The topological polar surface area (TPSA) is 43.4 Å². The summed E-state index contributed by atoms with van der Waals surface area (Å²) in [4.78, 5) is 0. The van der Waals surface area contributed by atoms with E-state index < -0.39 is 9.84 Å². The van der Waals surface area contributed by atoms with Gasteiger partial charge in [0.1, 0.15) is 0 Å². The van der Waals surface area contributed by atoms with Crippen LogP contribution in [-0.2, 0) is 14.6 Å². The van der Waals surface area contributed by atoms with E-state index in [1.807, 2.05) is 0 Å². The number of sulfone groups is 1. The Bertz CT molecular complexity index is 250. The van der Waals surface area contributed by atoms with Crippen molar-refractivity contribution in [2.24, 2.45) is 11.8 Å². The van der Waals surface area contributed by atoms with Crippen molar-refractivity contribution in [3.05, 3.63) is 0 Å². The Hall–Kier alpha value is 0.390. The number of alkyl halides is 1. The third-order valence-corrected chi connectivity index (χ3v) is 5.14. The number of ether oxygens (including phenoxy) is 1. The molecule has 1 rings (SSSR count). The van der Waals surface area contributed by atoms with Crippen LogP contribution in [0.25, 0.3) is 0 Å². The van der Waals surface area contributed by atoms with Crippen LogP contribution in [0.3, 0.4) is 0 Å². The van der Waals surface area contributed by atoms with E-state index in [2.05, 4.69) is 15.9 Å². The Morgan fingerprint density at radius 3 is 2.69 bits per heavy atom. The molecule has 0 bridgehead atoms. The van der Waals surface area contributed by atoms with Gasteiger partial charge in [-0.25, -0.2) is 8.42 Å². The van der Waals surface area contributed by atoms with E-state index in [0.717, 1.165) is 11.8 Å². The summed E-state index contributed by atoms with van der Waals surface area (Å²) in [5, 5.41) is 0.820. The number of methoxy groups -OCH3 is 1. The molecule has 2 unspecified atom stereocenters. The highest BCUT2D eigenvalue weighted by molar-refractivity contribution is 9.09. The highest BCUT2D eigenvalue weighted by atomic mass is 79.9. The number of rotatable bonds is 4. The standard InChI is InChI=1S/C8H15BrO3S/c1-12-5-8(4-9)7-2-3-13(10,11)6-7/h7-8H,2-6H2,1H3. The summed E-state index contributed by atoms with van der Waals surface area (Å²) < 4.78 is 27.5. The molecule has 78 valence electrons. The smallest absolute Gasteiger partial charge is 0.150 e. The van der Waals surface area contributed by atoms with Gasteiger partial charge in [0.25, 0.3) is 0 Å². The van der Waals surface area contributed by atoms with Crippen LogP contribution in [0.2, 0.25) is 0 Å². The molecule has 13 heavy (non-hydrogen) atoms. The fourth-order valence-electron chi connectivity index (χ4n) is 1.72. The quantitative estimate of drug-likeness (QED) is 0.719. The van der Waals surface area contributed by atoms with E-state index in [1.54, 1.807) is 7.11 Å². The largest absolute Gasteiger partial charge is 0.384 e. The third kappa shape index (κ3) is 3.22. The molecule has 5 heteroatoms. The first kappa shape index (κ1) is 11.5. The highest BCUT2D eigenvalue weighted by Gasteiger charge is 2.32. The van der Waals surface area contributed by atoms with Crippen LogP contribution in [-0.4, -0.2) is 39.0 Å². The van der Waals surface area contributed by atoms with Crippen LogP contribution >= 0.6 is 15.9 Å². The van der Waals surface area contributed by atoms with E-state index in [1.165, 1.54) is 0 Å². The van der Waals surface area contributed by atoms with E-state index >= 15 is 0 Å². The van der Waals surface area contributed by atoms with Crippen molar-refractivity contribution in [3.8, 4) is 0 Å². The van der Waals surface area contributed by atoms with Crippen LogP contribution in [0.4, 0.5) is 0 Å². The first-order valence-corrected chi connectivity index (χ1v) is 7.28. The molecule has 0 N–H and O–H groups in total. The molecular formula is C8H15BrO3S. The van der Waals surface area contributed by atoms with Crippen molar-refractivity contribution >= 4 is 25.8 Å². The number of halogens is 1. The minimum atomic E-state index is -2.75. The normalized spacial score (nSPS) is 28.9. The van der Waals surface area contributed by atoms with Crippen LogP contribution in [0.1, 0.15) is 6.42 Å². The minimum absolute atomic E-state index is 0.282. The van der Waals surface area contributed by atoms with Gasteiger partial charge in [-0.1, -0.05) is 15.9 Å². The maximum Gasteiger partial charge on any atom is 0.150 e. The second-order valence-corrected chi connectivity index (χ2v) is 6.41. The molecule has 0 spiro atoms. The molecule has 0 aromatic carbocycles. The lowest BCUT2D eigenvalue weighted by Crippen LogP contribution is -2.22. The summed E-state index contributed by atoms with van der Waals surface area (Å²) in [7, 11) is -1.09. The first-order chi connectivity index (χ1) is 6.09. The van der Waals surface area contributed by atoms with Crippen LogP contribution in [0.5, 0.6) is 0 Å². The lowest BCUT2D eigenvalue weighted by molar-refractivity contribution is 0.138. The zero-order chi connectivity index (χ0) is 9.90. The number of hydrogen-bond donors (Lipinski definition) is 0. The molecular weight excluding hydrogens is 256 g/mol. The molecule has 0 saturated carbocycles. The van der Waals surface area contributed by atoms with Gasteiger partial charge in [0.15, 0.2) is 9.84 Å². The van der Waals surface area contributed by atoms with E-state index in [-0.39, 0.29) is 5.92 Å². The molecule has 2 atom stereocenters. The predicted molar refractivity (Wildman–Crippen MR) is 55.9 cm³/mol. The monoisotopic (exact) mass is 270 g/mol. The molecule has 1 heterocycles. The summed E-state index contributed by atoms with van der Waals surface area (Å²) in [6.07, 6.45) is 0.794. The van der Waals surface area contributed by atoms with Crippen LogP contribution in [0, 0.1) is 11.8 Å². The Kier molecular flexibility index (Phi) is 4.19. The highest BCUT2D eigenvalue weighted by Crippen LogP contribution is 2.27. The molecule has 3 nitrogen and oxygen atoms in total. The average molecular weight is 271 g/mol. The molecule has 0 amide bonds. The van der Waals surface area contributed by atoms with E-state index in [4.69, 9.17) is 4.74 Å². The molecule has 1 saturated heterocycles. The van der Waals surface area contributed by atoms with E-state index in [9.17, 15) is 8.42 Å². The SMILES string of the molecule is COCC(CBr)C1CCS(=O)(=O)C1. The summed E-state index contributed by atoms with van der Waals surface area (Å²) >= 11 is 3.39. The van der Waals surface area contributed by atoms with Gasteiger partial charge < -0.3 is 4.74 Å². The van der Waals surface area contributed by atoms with Gasteiger partial charge in [0.05, 0.1) is 18.1 Å². The van der Waals surface area contributed by atoms with Gasteiger partial charge >= 0.3 is 0 Å². The van der Waals surface area contributed by atoms with Crippen molar-refractivity contribution in [2.75, 3.05) is 30.6 Å². The molecule has 1 aliphatic rings. The zero-order valence-corrected chi connectivity index (χ0v) is 10.1. The summed E-state index contributed by atoms with van der Waals surface area (Å²) in [6, 6.07) is 0. The van der Waals surface area contributed by atoms with Gasteiger partial charge in [-0.05, 0) is 18.3 Å². The first-order valence-electron chi connectivity index (χ1n) is 4.34. The maximum atomic E-state index is 11.2. The van der Waals surface area contributed by atoms with Crippen LogP contribution < -0.4 is 0 Å². The second kappa shape index (κ2) is 4.75. The molecule has 0 radical (unpaired) electrons. The van der Waals surface area contributed by atoms with Gasteiger partial charge in [-0.3, -0.25) is 0 Å². The summed E-state index contributed by atoms with van der Waals surface area (Å²) in [5.41, 5.74) is 0. The summed E-state index contributed by atoms with van der Waals surface area (Å²) in [5.74, 6) is 1.31. The van der Waals surface area contributed by atoms with Crippen molar-refractivity contribution in [3.63, 3.8) is 0 Å². The van der Waals surface area contributed by atoms with E-state index in [0.29, 0.717) is 24.0 Å². The molecule has 0 aromatic rings. The van der Waals surface area contributed by atoms with Gasteiger partial charge in [-0.15, -0.1) is 0 Å². The Balaban J connectivity index is 2.52. The Morgan fingerprint density at radius 1 is 1.62 bits per heavy atom. The van der Waals surface area contributed by atoms with Crippen molar-refractivity contribution in [1.82, 2.24) is 0 Å². The fourth-order valence-corrected chi connectivity index (χ4v) is 4.35. The predicted octanol–water partition coefficient (Wildman–Crippen LogP) is 1.08. The van der Waals surface area contributed by atoms with Gasteiger partial charge in [0.2, 0.25) is 0 Å². The lowest BCUT2D eigenvalue weighted by atomic mass is 9.94. The average Bonchev–Trinajstić information content (AvgIpc) is 2.42. The molecule has 1 fully saturated rings. The van der Waals surface area contributed by atoms with Gasteiger partial charge in [0, 0.05) is 12.4 Å².